The number of carboxylic acids is 1. The van der Waals surface area contributed by atoms with Gasteiger partial charge in [0.15, 0.2) is 0 Å². The number of likely N-dealkylation sites (tertiary alicyclic amines) is 1. The Bertz CT molecular complexity index is 542. The summed E-state index contributed by atoms with van der Waals surface area (Å²) in [5.74, 6) is -1.25. The molecule has 1 aromatic carbocycles. The number of hydrogen-bond acceptors (Lipinski definition) is 4. The van der Waals surface area contributed by atoms with Crippen molar-refractivity contribution in [3.8, 4) is 0 Å². The number of anilines is 1. The van der Waals surface area contributed by atoms with Crippen LogP contribution in [0.2, 0.25) is 0 Å². The summed E-state index contributed by atoms with van der Waals surface area (Å²) >= 11 is 2.04. The normalized spacial score (nSPS) is 16.7. The number of carboxylic acid groups (broad SMARTS) is 1. The molecule has 4 N–H and O–H groups in total. The molecule has 0 bridgehead atoms. The zero-order chi connectivity index (χ0) is 15.4. The second kappa shape index (κ2) is 7.19. The number of rotatable bonds is 4. The van der Waals surface area contributed by atoms with Crippen molar-refractivity contribution >= 4 is 40.2 Å². The molecule has 0 spiro atoms. The maximum atomic E-state index is 12.0. The Labute approximate surface area is 136 Å². The van der Waals surface area contributed by atoms with Gasteiger partial charge in [0, 0.05) is 22.7 Å². The summed E-state index contributed by atoms with van der Waals surface area (Å²) in [6.07, 6.45) is 1.77. The molecule has 0 radical (unpaired) electrons. The van der Waals surface area contributed by atoms with E-state index in [1.54, 1.807) is 18.2 Å². The lowest BCUT2D eigenvalue weighted by Crippen LogP contribution is -2.43. The third-order valence-electron chi connectivity index (χ3n) is 3.49. The van der Waals surface area contributed by atoms with Crippen LogP contribution in [0.3, 0.4) is 0 Å². The van der Waals surface area contributed by atoms with E-state index < -0.39 is 5.97 Å². The largest absolute Gasteiger partial charge is 0.478 e. The van der Waals surface area contributed by atoms with E-state index in [4.69, 9.17) is 5.73 Å². The molecule has 0 atom stereocenters. The van der Waals surface area contributed by atoms with Gasteiger partial charge >= 0.3 is 5.97 Å². The maximum absolute atomic E-state index is 12.0. The van der Waals surface area contributed by atoms with E-state index in [2.05, 4.69) is 5.32 Å². The van der Waals surface area contributed by atoms with Gasteiger partial charge in [-0.1, -0.05) is 0 Å². The molecule has 1 aliphatic heterocycles. The second-order valence-electron chi connectivity index (χ2n) is 5.16. The number of nitrogens with one attached hydrogen (secondary N) is 1. The summed E-state index contributed by atoms with van der Waals surface area (Å²) in [4.78, 5) is 25.3. The highest BCUT2D eigenvalue weighted by Crippen LogP contribution is 2.19. The van der Waals surface area contributed by atoms with Crippen molar-refractivity contribution < 1.29 is 14.7 Å². The Morgan fingerprint density at radius 2 is 2.05 bits per heavy atom. The van der Waals surface area contributed by atoms with Crippen LogP contribution in [-0.4, -0.2) is 47.6 Å². The Hall–Kier alpha value is -1.19. The molecule has 1 saturated heterocycles. The molecule has 1 aliphatic rings. The molecule has 114 valence electrons. The fraction of sp³-hybridized carbons (Fsp3) is 0.429. The Morgan fingerprint density at radius 3 is 2.67 bits per heavy atom. The zero-order valence-electron chi connectivity index (χ0n) is 11.5. The average molecular weight is 403 g/mol. The van der Waals surface area contributed by atoms with E-state index >= 15 is 0 Å². The molecule has 1 heterocycles. The number of carbonyl (C=O) groups excluding carboxylic acids is 1. The van der Waals surface area contributed by atoms with Crippen LogP contribution >= 0.6 is 22.6 Å². The fourth-order valence-corrected chi connectivity index (χ4v) is 2.80. The highest BCUT2D eigenvalue weighted by Gasteiger charge is 2.19. The van der Waals surface area contributed by atoms with Crippen molar-refractivity contribution in [1.82, 2.24) is 4.90 Å². The summed E-state index contributed by atoms with van der Waals surface area (Å²) in [6, 6.07) is 5.15. The molecule has 0 aromatic heterocycles. The second-order valence-corrected chi connectivity index (χ2v) is 6.40. The van der Waals surface area contributed by atoms with Crippen LogP contribution in [0.25, 0.3) is 0 Å². The van der Waals surface area contributed by atoms with Gasteiger partial charge in [-0.25, -0.2) is 4.79 Å². The molecule has 0 saturated carbocycles. The Balaban J connectivity index is 1.98. The van der Waals surface area contributed by atoms with Crippen molar-refractivity contribution in [3.05, 3.63) is 27.3 Å². The summed E-state index contributed by atoms with van der Waals surface area (Å²) in [7, 11) is 0. The van der Waals surface area contributed by atoms with E-state index in [1.807, 2.05) is 27.5 Å². The molecule has 6 nitrogen and oxygen atoms in total. The zero-order valence-corrected chi connectivity index (χ0v) is 13.7. The molecule has 1 aromatic rings. The SMILES string of the molecule is NC1CCN(CC(=O)Nc2ccc(I)cc2C(=O)O)CC1. The molecule has 2 rings (SSSR count). The number of hydrogen-bond donors (Lipinski definition) is 3. The van der Waals surface area contributed by atoms with Crippen molar-refractivity contribution in [3.63, 3.8) is 0 Å². The van der Waals surface area contributed by atoms with Crippen LogP contribution in [0.5, 0.6) is 0 Å². The van der Waals surface area contributed by atoms with Crippen LogP contribution in [-0.2, 0) is 4.79 Å². The lowest BCUT2D eigenvalue weighted by Gasteiger charge is -2.29. The van der Waals surface area contributed by atoms with Crippen molar-refractivity contribution in [2.24, 2.45) is 5.73 Å². The predicted molar refractivity (Wildman–Crippen MR) is 88.4 cm³/mol. The molecule has 1 amide bonds. The van der Waals surface area contributed by atoms with Gasteiger partial charge in [-0.2, -0.15) is 0 Å². The molecular weight excluding hydrogens is 385 g/mol. The first kappa shape index (κ1) is 16.2. The van der Waals surface area contributed by atoms with Crippen molar-refractivity contribution in [2.75, 3.05) is 25.0 Å². The molecule has 7 heteroatoms. The lowest BCUT2D eigenvalue weighted by atomic mass is 10.1. The number of piperidine rings is 1. The number of carbonyl (C=O) groups is 2. The third kappa shape index (κ3) is 4.65. The van der Waals surface area contributed by atoms with Crippen LogP contribution in [0.15, 0.2) is 18.2 Å². The van der Waals surface area contributed by atoms with Gasteiger partial charge in [-0.3, -0.25) is 9.69 Å². The van der Waals surface area contributed by atoms with E-state index in [9.17, 15) is 14.7 Å². The van der Waals surface area contributed by atoms with Crippen LogP contribution in [0, 0.1) is 3.57 Å². The first-order chi connectivity index (χ1) is 9.95. The molecule has 21 heavy (non-hydrogen) atoms. The van der Waals surface area contributed by atoms with Crippen LogP contribution in [0.4, 0.5) is 5.69 Å². The van der Waals surface area contributed by atoms with E-state index in [0.29, 0.717) is 5.69 Å². The van der Waals surface area contributed by atoms with Gasteiger partial charge in [0.05, 0.1) is 17.8 Å². The summed E-state index contributed by atoms with van der Waals surface area (Å²) in [5, 5.41) is 11.9. The number of aromatic carboxylic acids is 1. The number of halogens is 1. The van der Waals surface area contributed by atoms with Crippen LogP contribution in [0.1, 0.15) is 23.2 Å². The number of benzene rings is 1. The number of nitrogens with two attached hydrogens (primary N) is 1. The number of nitrogens with zero attached hydrogens (tertiary/aromatic N) is 1. The van der Waals surface area contributed by atoms with E-state index in [-0.39, 0.29) is 24.1 Å². The quantitative estimate of drug-likeness (QED) is 0.660. The molecule has 1 fully saturated rings. The number of amides is 1. The summed E-state index contributed by atoms with van der Waals surface area (Å²) in [6.45, 7) is 1.86. The Kier molecular flexibility index (Phi) is 5.54. The minimum atomic E-state index is -1.05. The van der Waals surface area contributed by atoms with Gasteiger partial charge < -0.3 is 16.2 Å². The standard InChI is InChI=1S/C14H18IN3O3/c15-9-1-2-12(11(7-9)14(20)21)17-13(19)8-18-5-3-10(16)4-6-18/h1-2,7,10H,3-6,8,16H2,(H,17,19)(H,20,21). The maximum Gasteiger partial charge on any atom is 0.337 e. The molecule has 0 unspecified atom stereocenters. The first-order valence-corrected chi connectivity index (χ1v) is 7.84. The lowest BCUT2D eigenvalue weighted by molar-refractivity contribution is -0.117. The topological polar surface area (TPSA) is 95.7 Å². The van der Waals surface area contributed by atoms with Gasteiger partial charge in [-0.15, -0.1) is 0 Å². The van der Waals surface area contributed by atoms with E-state index in [1.165, 1.54) is 0 Å². The summed E-state index contributed by atoms with van der Waals surface area (Å²) < 4.78 is 0.813. The predicted octanol–water partition coefficient (Wildman–Crippen LogP) is 1.35. The molecular formula is C14H18IN3O3. The smallest absolute Gasteiger partial charge is 0.337 e. The van der Waals surface area contributed by atoms with Crippen LogP contribution < -0.4 is 11.1 Å². The van der Waals surface area contributed by atoms with Crippen molar-refractivity contribution in [1.29, 1.82) is 0 Å². The highest BCUT2D eigenvalue weighted by molar-refractivity contribution is 14.1. The highest BCUT2D eigenvalue weighted by atomic mass is 127. The fourth-order valence-electron chi connectivity index (χ4n) is 2.31. The van der Waals surface area contributed by atoms with Crippen molar-refractivity contribution in [2.45, 2.75) is 18.9 Å². The first-order valence-electron chi connectivity index (χ1n) is 6.76. The Morgan fingerprint density at radius 1 is 1.38 bits per heavy atom. The van der Waals surface area contributed by atoms with E-state index in [0.717, 1.165) is 29.5 Å². The van der Waals surface area contributed by atoms with Gasteiger partial charge in [0.1, 0.15) is 0 Å². The minimum absolute atomic E-state index is 0.107. The van der Waals surface area contributed by atoms with Gasteiger partial charge in [-0.05, 0) is 53.6 Å². The van der Waals surface area contributed by atoms with Gasteiger partial charge in [0.2, 0.25) is 5.91 Å². The average Bonchev–Trinajstić information content (AvgIpc) is 2.43. The minimum Gasteiger partial charge on any atom is -0.478 e. The van der Waals surface area contributed by atoms with Gasteiger partial charge in [0.25, 0.3) is 0 Å². The monoisotopic (exact) mass is 403 g/mol. The summed E-state index contributed by atoms with van der Waals surface area (Å²) in [5.41, 5.74) is 6.27. The molecule has 0 aliphatic carbocycles. The third-order valence-corrected chi connectivity index (χ3v) is 4.16.